The van der Waals surface area contributed by atoms with Gasteiger partial charge in [0, 0.05) is 17.1 Å². The van der Waals surface area contributed by atoms with Crippen LogP contribution < -0.4 is 9.62 Å². The Hall–Kier alpha value is -2.39. The van der Waals surface area contributed by atoms with Crippen molar-refractivity contribution in [2.45, 2.75) is 71.5 Å². The Morgan fingerprint density at radius 2 is 1.69 bits per heavy atom. The van der Waals surface area contributed by atoms with Gasteiger partial charge in [-0.2, -0.15) is 0 Å². The van der Waals surface area contributed by atoms with Crippen LogP contribution in [0.3, 0.4) is 0 Å². The zero-order valence-electron chi connectivity index (χ0n) is 21.5. The van der Waals surface area contributed by atoms with E-state index < -0.39 is 22.0 Å². The molecule has 1 N–H and O–H groups in total. The summed E-state index contributed by atoms with van der Waals surface area (Å²) in [7, 11) is -3.75. The normalized spacial score (nSPS) is 15.2. The summed E-state index contributed by atoms with van der Waals surface area (Å²) in [4.78, 5) is 28.4. The van der Waals surface area contributed by atoms with E-state index in [0.717, 1.165) is 57.4 Å². The Balaban J connectivity index is 1.88. The lowest BCUT2D eigenvalue weighted by molar-refractivity contribution is -0.139. The van der Waals surface area contributed by atoms with Gasteiger partial charge < -0.3 is 10.2 Å². The molecule has 0 unspecified atom stereocenters. The van der Waals surface area contributed by atoms with Crippen molar-refractivity contribution in [3.63, 3.8) is 0 Å². The number of carbonyl (C=O) groups is 2. The minimum atomic E-state index is -3.75. The first kappa shape index (κ1) is 28.2. The zero-order valence-corrected chi connectivity index (χ0v) is 23.9. The molecule has 0 spiro atoms. The number of carbonyl (C=O) groups excluding carboxylic acids is 2. The van der Waals surface area contributed by atoms with Gasteiger partial charge in [0.15, 0.2) is 0 Å². The number of anilines is 1. The lowest BCUT2D eigenvalue weighted by atomic mass is 9.95. The molecule has 0 aromatic heterocycles. The SMILES string of the molecule is Cc1ccc(N(CC(=O)N(Cc2ccc(Br)cc2)[C@@H](C)C(=O)NC2CCCCC2)S(C)(=O)=O)c(C)c1. The van der Waals surface area contributed by atoms with Crippen LogP contribution in [0.1, 0.15) is 55.7 Å². The molecule has 0 heterocycles. The molecule has 1 aliphatic rings. The number of hydrogen-bond acceptors (Lipinski definition) is 4. The van der Waals surface area contributed by atoms with E-state index in [9.17, 15) is 18.0 Å². The molecule has 1 fully saturated rings. The van der Waals surface area contributed by atoms with Crippen LogP contribution in [0.2, 0.25) is 0 Å². The van der Waals surface area contributed by atoms with Gasteiger partial charge >= 0.3 is 0 Å². The first-order chi connectivity index (χ1) is 17.0. The number of rotatable bonds is 9. The second-order valence-electron chi connectivity index (χ2n) is 9.73. The molecular weight excluding hydrogens is 542 g/mol. The van der Waals surface area contributed by atoms with E-state index in [1.165, 1.54) is 11.3 Å². The van der Waals surface area contributed by atoms with Gasteiger partial charge in [0.05, 0.1) is 11.9 Å². The molecule has 1 aliphatic carbocycles. The van der Waals surface area contributed by atoms with Crippen molar-refractivity contribution >= 4 is 43.5 Å². The Kier molecular flexibility index (Phi) is 9.58. The highest BCUT2D eigenvalue weighted by Gasteiger charge is 2.31. The molecular formula is C27H36BrN3O4S. The molecule has 9 heteroatoms. The Labute approximate surface area is 223 Å². The molecule has 0 saturated heterocycles. The molecule has 1 atom stereocenters. The van der Waals surface area contributed by atoms with Crippen molar-refractivity contribution in [2.24, 2.45) is 0 Å². The highest BCUT2D eigenvalue weighted by Crippen LogP contribution is 2.25. The van der Waals surface area contributed by atoms with Gasteiger partial charge in [-0.25, -0.2) is 8.42 Å². The maximum absolute atomic E-state index is 13.7. The van der Waals surface area contributed by atoms with Crippen LogP contribution in [0.15, 0.2) is 46.9 Å². The molecule has 2 aromatic carbocycles. The van der Waals surface area contributed by atoms with Crippen molar-refractivity contribution in [1.82, 2.24) is 10.2 Å². The molecule has 0 bridgehead atoms. The number of aryl methyl sites for hydroxylation is 2. The molecule has 3 rings (SSSR count). The Bertz CT molecular complexity index is 1180. The van der Waals surface area contributed by atoms with E-state index in [-0.39, 0.29) is 25.0 Å². The first-order valence-corrected chi connectivity index (χ1v) is 15.0. The number of halogens is 1. The summed E-state index contributed by atoms with van der Waals surface area (Å²) >= 11 is 3.42. The van der Waals surface area contributed by atoms with E-state index in [0.29, 0.717) is 5.69 Å². The molecule has 0 aliphatic heterocycles. The van der Waals surface area contributed by atoms with E-state index in [4.69, 9.17) is 0 Å². The fraction of sp³-hybridized carbons (Fsp3) is 0.481. The maximum Gasteiger partial charge on any atom is 0.244 e. The molecule has 2 aromatic rings. The summed E-state index contributed by atoms with van der Waals surface area (Å²) in [6.07, 6.45) is 6.31. The molecule has 36 heavy (non-hydrogen) atoms. The monoisotopic (exact) mass is 577 g/mol. The molecule has 2 amide bonds. The summed E-state index contributed by atoms with van der Waals surface area (Å²) in [6, 6.07) is 12.3. The lowest BCUT2D eigenvalue weighted by Gasteiger charge is -2.33. The van der Waals surface area contributed by atoms with Gasteiger partial charge in [0.2, 0.25) is 21.8 Å². The van der Waals surface area contributed by atoms with Crippen molar-refractivity contribution in [3.05, 3.63) is 63.6 Å². The summed E-state index contributed by atoms with van der Waals surface area (Å²) in [6.45, 7) is 5.26. The topological polar surface area (TPSA) is 86.8 Å². The van der Waals surface area contributed by atoms with Crippen molar-refractivity contribution < 1.29 is 18.0 Å². The molecule has 0 radical (unpaired) electrons. The van der Waals surface area contributed by atoms with E-state index in [2.05, 4.69) is 21.2 Å². The third-order valence-electron chi connectivity index (χ3n) is 6.69. The minimum absolute atomic E-state index is 0.112. The van der Waals surface area contributed by atoms with Crippen LogP contribution in [0.25, 0.3) is 0 Å². The predicted molar refractivity (Wildman–Crippen MR) is 147 cm³/mol. The summed E-state index contributed by atoms with van der Waals surface area (Å²) in [5, 5.41) is 3.11. The third-order valence-corrected chi connectivity index (χ3v) is 8.34. The van der Waals surface area contributed by atoms with Crippen LogP contribution >= 0.6 is 15.9 Å². The number of benzene rings is 2. The fourth-order valence-corrected chi connectivity index (χ4v) is 5.79. The summed E-state index contributed by atoms with van der Waals surface area (Å²) < 4.78 is 27.6. The Morgan fingerprint density at radius 3 is 2.28 bits per heavy atom. The average molecular weight is 579 g/mol. The fourth-order valence-electron chi connectivity index (χ4n) is 4.62. The number of hydrogen-bond donors (Lipinski definition) is 1. The van der Waals surface area contributed by atoms with Crippen LogP contribution in [0, 0.1) is 13.8 Å². The predicted octanol–water partition coefficient (Wildman–Crippen LogP) is 4.70. The number of sulfonamides is 1. The molecule has 1 saturated carbocycles. The first-order valence-electron chi connectivity index (χ1n) is 12.3. The largest absolute Gasteiger partial charge is 0.352 e. The standard InChI is InChI=1S/C27H36BrN3O4S/c1-19-10-15-25(20(2)16-19)31(36(4,34)35)18-26(32)30(17-22-11-13-23(28)14-12-22)21(3)27(33)29-24-8-6-5-7-9-24/h10-16,21,24H,5-9,17-18H2,1-4H3,(H,29,33)/t21-/m0/s1. The third kappa shape index (κ3) is 7.56. The van der Waals surface area contributed by atoms with E-state index in [1.54, 1.807) is 13.0 Å². The van der Waals surface area contributed by atoms with Crippen LogP contribution in [-0.4, -0.2) is 50.0 Å². The van der Waals surface area contributed by atoms with Gasteiger partial charge in [-0.05, 0) is 62.9 Å². The second kappa shape index (κ2) is 12.2. The number of amides is 2. The minimum Gasteiger partial charge on any atom is -0.352 e. The van der Waals surface area contributed by atoms with Gasteiger partial charge in [0.25, 0.3) is 0 Å². The van der Waals surface area contributed by atoms with Gasteiger partial charge in [-0.15, -0.1) is 0 Å². The average Bonchev–Trinajstić information content (AvgIpc) is 2.82. The van der Waals surface area contributed by atoms with Crippen molar-refractivity contribution in [3.8, 4) is 0 Å². The maximum atomic E-state index is 13.7. The summed E-state index contributed by atoms with van der Waals surface area (Å²) in [5.74, 6) is -0.653. The number of nitrogens with one attached hydrogen (secondary N) is 1. The Morgan fingerprint density at radius 1 is 1.06 bits per heavy atom. The van der Waals surface area contributed by atoms with Crippen molar-refractivity contribution in [2.75, 3.05) is 17.1 Å². The van der Waals surface area contributed by atoms with Gasteiger partial charge in [-0.1, -0.05) is 65.0 Å². The van der Waals surface area contributed by atoms with Crippen LogP contribution in [0.5, 0.6) is 0 Å². The van der Waals surface area contributed by atoms with Gasteiger partial charge in [0.1, 0.15) is 12.6 Å². The van der Waals surface area contributed by atoms with Gasteiger partial charge in [-0.3, -0.25) is 13.9 Å². The highest BCUT2D eigenvalue weighted by atomic mass is 79.9. The van der Waals surface area contributed by atoms with Crippen LogP contribution in [0.4, 0.5) is 5.69 Å². The summed E-state index contributed by atoms with van der Waals surface area (Å²) in [5.41, 5.74) is 3.07. The zero-order chi connectivity index (χ0) is 26.5. The smallest absolute Gasteiger partial charge is 0.244 e. The van der Waals surface area contributed by atoms with E-state index >= 15 is 0 Å². The van der Waals surface area contributed by atoms with E-state index in [1.807, 2.05) is 50.2 Å². The number of nitrogens with zero attached hydrogens (tertiary/aromatic N) is 2. The molecule has 7 nitrogen and oxygen atoms in total. The highest BCUT2D eigenvalue weighted by molar-refractivity contribution is 9.10. The second-order valence-corrected chi connectivity index (χ2v) is 12.5. The van der Waals surface area contributed by atoms with Crippen molar-refractivity contribution in [1.29, 1.82) is 0 Å². The lowest BCUT2D eigenvalue weighted by Crippen LogP contribution is -2.53. The van der Waals surface area contributed by atoms with Crippen LogP contribution in [-0.2, 0) is 26.2 Å². The quantitative estimate of drug-likeness (QED) is 0.468. The molecule has 196 valence electrons.